The van der Waals surface area contributed by atoms with E-state index >= 15 is 0 Å². The molecular weight excluding hydrogens is 318 g/mol. The zero-order chi connectivity index (χ0) is 15.7. The second-order valence-electron chi connectivity index (χ2n) is 5.98. The standard InChI is InChI=1S/C16H19N3O3.ClH/c17-10-16(7-3-4-8-16)18-13(20)9-19-14(21)11-5-1-2-6-12(11)15(19)22;/h1-2,5-6H,3-4,7-10,17H2,(H,18,20);1H. The second-order valence-corrected chi connectivity index (χ2v) is 5.98. The van der Waals surface area contributed by atoms with Crippen molar-refractivity contribution in [3.63, 3.8) is 0 Å². The van der Waals surface area contributed by atoms with E-state index in [4.69, 9.17) is 5.73 Å². The number of carbonyl (C=O) groups excluding carboxylic acids is 3. The van der Waals surface area contributed by atoms with Crippen LogP contribution in [0.1, 0.15) is 46.4 Å². The Morgan fingerprint density at radius 2 is 1.65 bits per heavy atom. The summed E-state index contributed by atoms with van der Waals surface area (Å²) in [6.45, 7) is 0.120. The van der Waals surface area contributed by atoms with Crippen LogP contribution < -0.4 is 11.1 Å². The SMILES string of the molecule is Cl.NCC1(NC(=O)CN2C(=O)c3ccccc3C2=O)CCCC1. The van der Waals surface area contributed by atoms with E-state index in [1.165, 1.54) is 0 Å². The number of halogens is 1. The molecule has 3 N–H and O–H groups in total. The molecule has 1 heterocycles. The lowest BCUT2D eigenvalue weighted by Gasteiger charge is -2.29. The van der Waals surface area contributed by atoms with Crippen molar-refractivity contribution in [3.05, 3.63) is 35.4 Å². The molecule has 1 aromatic carbocycles. The first-order valence-electron chi connectivity index (χ1n) is 7.53. The van der Waals surface area contributed by atoms with Gasteiger partial charge in [0.2, 0.25) is 5.91 Å². The number of nitrogens with one attached hydrogen (secondary N) is 1. The largest absolute Gasteiger partial charge is 0.348 e. The highest BCUT2D eigenvalue weighted by molar-refractivity contribution is 6.22. The van der Waals surface area contributed by atoms with Gasteiger partial charge in [-0.1, -0.05) is 25.0 Å². The molecule has 2 aliphatic rings. The Bertz CT molecular complexity index is 606. The van der Waals surface area contributed by atoms with Gasteiger partial charge in [0.05, 0.1) is 16.7 Å². The van der Waals surface area contributed by atoms with E-state index in [-0.39, 0.29) is 30.4 Å². The molecule has 1 aliphatic heterocycles. The molecule has 0 aromatic heterocycles. The van der Waals surface area contributed by atoms with Gasteiger partial charge >= 0.3 is 0 Å². The molecule has 1 saturated carbocycles. The van der Waals surface area contributed by atoms with Gasteiger partial charge in [0.25, 0.3) is 11.8 Å². The Balaban J connectivity index is 0.00000192. The molecule has 0 spiro atoms. The molecular formula is C16H20ClN3O3. The van der Waals surface area contributed by atoms with Crippen LogP contribution in [-0.4, -0.2) is 41.2 Å². The number of hydrogen-bond donors (Lipinski definition) is 2. The van der Waals surface area contributed by atoms with Crippen LogP contribution in [0.5, 0.6) is 0 Å². The molecule has 124 valence electrons. The summed E-state index contributed by atoms with van der Waals surface area (Å²) in [7, 11) is 0. The average Bonchev–Trinajstić information content (AvgIpc) is 3.08. The van der Waals surface area contributed by atoms with Gasteiger partial charge in [0.15, 0.2) is 0 Å². The number of rotatable bonds is 4. The summed E-state index contributed by atoms with van der Waals surface area (Å²) in [4.78, 5) is 37.7. The molecule has 23 heavy (non-hydrogen) atoms. The third-order valence-electron chi connectivity index (χ3n) is 4.54. The minimum atomic E-state index is -0.413. The van der Waals surface area contributed by atoms with E-state index in [0.29, 0.717) is 17.7 Å². The Labute approximate surface area is 140 Å². The number of benzene rings is 1. The topological polar surface area (TPSA) is 92.5 Å². The summed E-state index contributed by atoms with van der Waals surface area (Å²) in [6.07, 6.45) is 3.75. The molecule has 3 amide bonds. The van der Waals surface area contributed by atoms with Crippen molar-refractivity contribution in [2.24, 2.45) is 5.73 Å². The minimum absolute atomic E-state index is 0. The molecule has 1 aliphatic carbocycles. The van der Waals surface area contributed by atoms with Crippen LogP contribution in [0.2, 0.25) is 0 Å². The first kappa shape index (κ1) is 17.4. The van der Waals surface area contributed by atoms with E-state index in [9.17, 15) is 14.4 Å². The Morgan fingerprint density at radius 3 is 2.13 bits per heavy atom. The zero-order valence-electron chi connectivity index (χ0n) is 12.7. The van der Waals surface area contributed by atoms with Gasteiger partial charge in [-0.2, -0.15) is 0 Å². The molecule has 1 fully saturated rings. The smallest absolute Gasteiger partial charge is 0.262 e. The Kier molecular flexibility index (Phi) is 5.06. The molecule has 6 nitrogen and oxygen atoms in total. The van der Waals surface area contributed by atoms with Crippen LogP contribution >= 0.6 is 12.4 Å². The van der Waals surface area contributed by atoms with Crippen molar-refractivity contribution in [1.29, 1.82) is 0 Å². The van der Waals surface area contributed by atoms with E-state index in [1.54, 1.807) is 24.3 Å². The van der Waals surface area contributed by atoms with Crippen molar-refractivity contribution in [2.45, 2.75) is 31.2 Å². The van der Waals surface area contributed by atoms with Gasteiger partial charge in [0, 0.05) is 6.54 Å². The third-order valence-corrected chi connectivity index (χ3v) is 4.54. The number of hydrogen-bond acceptors (Lipinski definition) is 4. The lowest BCUT2D eigenvalue weighted by atomic mass is 9.98. The van der Waals surface area contributed by atoms with Crippen molar-refractivity contribution < 1.29 is 14.4 Å². The number of nitrogens with two attached hydrogens (primary N) is 1. The van der Waals surface area contributed by atoms with E-state index < -0.39 is 11.8 Å². The third kappa shape index (κ3) is 3.09. The van der Waals surface area contributed by atoms with Crippen LogP contribution in [0.3, 0.4) is 0 Å². The summed E-state index contributed by atoms with van der Waals surface area (Å²) in [6, 6.07) is 6.61. The van der Waals surface area contributed by atoms with Gasteiger partial charge in [-0.15, -0.1) is 12.4 Å². The molecule has 0 bridgehead atoms. The van der Waals surface area contributed by atoms with E-state index in [0.717, 1.165) is 30.6 Å². The second kappa shape index (κ2) is 6.68. The predicted molar refractivity (Wildman–Crippen MR) is 87.5 cm³/mol. The summed E-state index contributed by atoms with van der Waals surface area (Å²) in [5.74, 6) is -1.16. The number of carbonyl (C=O) groups is 3. The van der Waals surface area contributed by atoms with Crippen LogP contribution in [-0.2, 0) is 4.79 Å². The maximum atomic E-state index is 12.2. The van der Waals surface area contributed by atoms with Crippen LogP contribution in [0.4, 0.5) is 0 Å². The monoisotopic (exact) mass is 337 g/mol. The molecule has 1 aromatic rings. The fourth-order valence-corrected chi connectivity index (χ4v) is 3.29. The van der Waals surface area contributed by atoms with Crippen LogP contribution in [0.25, 0.3) is 0 Å². The highest BCUT2D eigenvalue weighted by Gasteiger charge is 2.38. The Hall–Kier alpha value is -1.92. The van der Waals surface area contributed by atoms with Crippen molar-refractivity contribution in [3.8, 4) is 0 Å². The summed E-state index contributed by atoms with van der Waals surface area (Å²) >= 11 is 0. The quantitative estimate of drug-likeness (QED) is 0.804. The summed E-state index contributed by atoms with van der Waals surface area (Å²) in [5.41, 5.74) is 6.12. The van der Waals surface area contributed by atoms with Gasteiger partial charge in [-0.3, -0.25) is 19.3 Å². The highest BCUT2D eigenvalue weighted by Crippen LogP contribution is 2.29. The number of fused-ring (bicyclic) bond motifs is 1. The van der Waals surface area contributed by atoms with Gasteiger partial charge < -0.3 is 11.1 Å². The summed E-state index contributed by atoms with van der Waals surface area (Å²) < 4.78 is 0. The van der Waals surface area contributed by atoms with Crippen LogP contribution in [0, 0.1) is 0 Å². The predicted octanol–water partition coefficient (Wildman–Crippen LogP) is 1.09. The summed E-state index contributed by atoms with van der Waals surface area (Å²) in [5, 5.41) is 2.93. The zero-order valence-corrected chi connectivity index (χ0v) is 13.5. The lowest BCUT2D eigenvalue weighted by molar-refractivity contribution is -0.123. The van der Waals surface area contributed by atoms with Gasteiger partial charge in [-0.25, -0.2) is 0 Å². The first-order valence-corrected chi connectivity index (χ1v) is 7.53. The maximum Gasteiger partial charge on any atom is 0.262 e. The molecule has 0 saturated heterocycles. The van der Waals surface area contributed by atoms with Crippen molar-refractivity contribution in [2.75, 3.05) is 13.1 Å². The molecule has 0 atom stereocenters. The highest BCUT2D eigenvalue weighted by atomic mass is 35.5. The minimum Gasteiger partial charge on any atom is -0.348 e. The van der Waals surface area contributed by atoms with Crippen LogP contribution in [0.15, 0.2) is 24.3 Å². The molecule has 3 rings (SSSR count). The number of amides is 3. The maximum absolute atomic E-state index is 12.2. The fraction of sp³-hybridized carbons (Fsp3) is 0.438. The fourth-order valence-electron chi connectivity index (χ4n) is 3.29. The van der Waals surface area contributed by atoms with Crippen molar-refractivity contribution >= 4 is 30.1 Å². The molecule has 0 unspecified atom stereocenters. The first-order chi connectivity index (χ1) is 10.6. The number of imide groups is 1. The molecule has 7 heteroatoms. The molecule has 0 radical (unpaired) electrons. The van der Waals surface area contributed by atoms with Crippen molar-refractivity contribution in [1.82, 2.24) is 10.2 Å². The normalized spacial score (nSPS) is 18.6. The number of nitrogens with zero attached hydrogens (tertiary/aromatic N) is 1. The van der Waals surface area contributed by atoms with Gasteiger partial charge in [0.1, 0.15) is 6.54 Å². The average molecular weight is 338 g/mol. The van der Waals surface area contributed by atoms with E-state index in [2.05, 4.69) is 5.32 Å². The Morgan fingerprint density at radius 1 is 1.13 bits per heavy atom. The lowest BCUT2D eigenvalue weighted by Crippen LogP contribution is -2.54. The van der Waals surface area contributed by atoms with Gasteiger partial charge in [-0.05, 0) is 25.0 Å². The van der Waals surface area contributed by atoms with E-state index in [1.807, 2.05) is 0 Å².